The van der Waals surface area contributed by atoms with Gasteiger partial charge in [-0.2, -0.15) is 0 Å². The average Bonchev–Trinajstić information content (AvgIpc) is 2.57. The van der Waals surface area contributed by atoms with Gasteiger partial charge in [0.1, 0.15) is 5.82 Å². The number of halogens is 1. The second-order valence-corrected chi connectivity index (χ2v) is 5.28. The Kier molecular flexibility index (Phi) is 6.01. The van der Waals surface area contributed by atoms with Crippen LogP contribution in [0, 0.1) is 12.7 Å². The molecule has 2 rings (SSSR count). The van der Waals surface area contributed by atoms with Gasteiger partial charge in [-0.05, 0) is 43.2 Å². The Morgan fingerprint density at radius 3 is 2.50 bits per heavy atom. The standard InChI is InChI=1S/C18H19FN2O3/c1-3-24-18(23)17(22)21(11-14-6-8-15(19)9-7-14)12-16-13(2)5-4-10-20-16/h4-10H,3,11-12H2,1-2H3. The van der Waals surface area contributed by atoms with E-state index in [1.165, 1.54) is 17.0 Å². The Hall–Kier alpha value is -2.76. The zero-order valence-corrected chi connectivity index (χ0v) is 13.7. The molecule has 1 amide bonds. The minimum absolute atomic E-state index is 0.123. The molecule has 1 aromatic heterocycles. The van der Waals surface area contributed by atoms with E-state index in [1.54, 1.807) is 31.3 Å². The number of amides is 1. The Balaban J connectivity index is 2.23. The Morgan fingerprint density at radius 2 is 1.88 bits per heavy atom. The summed E-state index contributed by atoms with van der Waals surface area (Å²) in [6, 6.07) is 9.46. The second kappa shape index (κ2) is 8.19. The maximum Gasteiger partial charge on any atom is 0.397 e. The minimum Gasteiger partial charge on any atom is -0.459 e. The minimum atomic E-state index is -0.909. The summed E-state index contributed by atoms with van der Waals surface area (Å²) < 4.78 is 17.8. The third kappa shape index (κ3) is 4.62. The summed E-state index contributed by atoms with van der Waals surface area (Å²) in [6.07, 6.45) is 1.63. The van der Waals surface area contributed by atoms with Gasteiger partial charge in [-0.3, -0.25) is 9.78 Å². The first kappa shape index (κ1) is 17.6. The number of aryl methyl sites for hydroxylation is 1. The van der Waals surface area contributed by atoms with Crippen molar-refractivity contribution in [1.29, 1.82) is 0 Å². The number of esters is 1. The monoisotopic (exact) mass is 330 g/mol. The summed E-state index contributed by atoms with van der Waals surface area (Å²) in [5, 5.41) is 0. The zero-order chi connectivity index (χ0) is 17.5. The van der Waals surface area contributed by atoms with Gasteiger partial charge in [0.05, 0.1) is 18.8 Å². The predicted octanol–water partition coefficient (Wildman–Crippen LogP) is 2.62. The van der Waals surface area contributed by atoms with Gasteiger partial charge in [0.2, 0.25) is 0 Å². The summed E-state index contributed by atoms with van der Waals surface area (Å²) in [7, 11) is 0. The van der Waals surface area contributed by atoms with Crippen molar-refractivity contribution < 1.29 is 18.7 Å². The number of benzene rings is 1. The molecule has 5 nitrogen and oxygen atoms in total. The highest BCUT2D eigenvalue weighted by Gasteiger charge is 2.24. The van der Waals surface area contributed by atoms with E-state index in [9.17, 15) is 14.0 Å². The topological polar surface area (TPSA) is 59.5 Å². The largest absolute Gasteiger partial charge is 0.459 e. The molecular formula is C18H19FN2O3. The van der Waals surface area contributed by atoms with Crippen LogP contribution in [0.2, 0.25) is 0 Å². The van der Waals surface area contributed by atoms with Gasteiger partial charge in [-0.25, -0.2) is 9.18 Å². The predicted molar refractivity (Wildman–Crippen MR) is 86.3 cm³/mol. The zero-order valence-electron chi connectivity index (χ0n) is 13.7. The fourth-order valence-electron chi connectivity index (χ4n) is 2.20. The van der Waals surface area contributed by atoms with Crippen LogP contribution in [0.3, 0.4) is 0 Å². The molecule has 6 heteroatoms. The van der Waals surface area contributed by atoms with Gasteiger partial charge in [0.25, 0.3) is 0 Å². The van der Waals surface area contributed by atoms with E-state index in [0.717, 1.165) is 5.56 Å². The molecule has 0 fully saturated rings. The molecule has 0 unspecified atom stereocenters. The van der Waals surface area contributed by atoms with Crippen molar-refractivity contribution in [3.63, 3.8) is 0 Å². The fourth-order valence-corrected chi connectivity index (χ4v) is 2.20. The van der Waals surface area contributed by atoms with E-state index in [4.69, 9.17) is 4.74 Å². The molecule has 0 bridgehead atoms. The van der Waals surface area contributed by atoms with Crippen molar-refractivity contribution in [2.45, 2.75) is 26.9 Å². The SMILES string of the molecule is CCOC(=O)C(=O)N(Cc1ccc(F)cc1)Cc1ncccc1C. The molecule has 0 aliphatic heterocycles. The lowest BCUT2D eigenvalue weighted by atomic mass is 10.1. The van der Waals surface area contributed by atoms with Crippen LogP contribution in [-0.4, -0.2) is 28.4 Å². The molecule has 0 saturated carbocycles. The highest BCUT2D eigenvalue weighted by molar-refractivity contribution is 6.32. The number of carbonyl (C=O) groups is 2. The maximum atomic E-state index is 13.0. The molecular weight excluding hydrogens is 311 g/mol. The van der Waals surface area contributed by atoms with E-state index in [2.05, 4.69) is 4.98 Å². The molecule has 0 spiro atoms. The van der Waals surface area contributed by atoms with Crippen LogP contribution in [0.15, 0.2) is 42.6 Å². The summed E-state index contributed by atoms with van der Waals surface area (Å²) in [5.41, 5.74) is 2.32. The van der Waals surface area contributed by atoms with Gasteiger partial charge in [0, 0.05) is 12.7 Å². The summed E-state index contributed by atoms with van der Waals surface area (Å²) in [4.78, 5) is 29.8. The fraction of sp³-hybridized carbons (Fsp3) is 0.278. The number of hydrogen-bond donors (Lipinski definition) is 0. The Labute approximate surface area is 140 Å². The molecule has 0 radical (unpaired) electrons. The first-order valence-corrected chi connectivity index (χ1v) is 7.62. The number of ether oxygens (including phenoxy) is 1. The van der Waals surface area contributed by atoms with Crippen LogP contribution in [-0.2, 0) is 27.4 Å². The number of hydrogen-bond acceptors (Lipinski definition) is 4. The molecule has 2 aromatic rings. The summed E-state index contributed by atoms with van der Waals surface area (Å²) >= 11 is 0. The normalized spacial score (nSPS) is 10.3. The van der Waals surface area contributed by atoms with Crippen molar-refractivity contribution >= 4 is 11.9 Å². The summed E-state index contributed by atoms with van der Waals surface area (Å²) in [6.45, 7) is 3.97. The van der Waals surface area contributed by atoms with Gasteiger partial charge < -0.3 is 9.64 Å². The molecule has 0 aliphatic rings. The van der Waals surface area contributed by atoms with Gasteiger partial charge in [-0.15, -0.1) is 0 Å². The average molecular weight is 330 g/mol. The smallest absolute Gasteiger partial charge is 0.397 e. The van der Waals surface area contributed by atoms with Crippen molar-refractivity contribution in [1.82, 2.24) is 9.88 Å². The van der Waals surface area contributed by atoms with Crippen molar-refractivity contribution in [3.05, 3.63) is 65.2 Å². The molecule has 24 heavy (non-hydrogen) atoms. The van der Waals surface area contributed by atoms with Crippen molar-refractivity contribution in [2.75, 3.05) is 6.61 Å². The molecule has 0 aliphatic carbocycles. The number of rotatable bonds is 5. The molecule has 0 atom stereocenters. The van der Waals surface area contributed by atoms with Gasteiger partial charge in [-0.1, -0.05) is 18.2 Å². The van der Waals surface area contributed by atoms with E-state index in [-0.39, 0.29) is 25.5 Å². The number of pyridine rings is 1. The van der Waals surface area contributed by atoms with Crippen LogP contribution in [0.25, 0.3) is 0 Å². The number of carbonyl (C=O) groups excluding carboxylic acids is 2. The lowest BCUT2D eigenvalue weighted by Gasteiger charge is -2.22. The van der Waals surface area contributed by atoms with Crippen molar-refractivity contribution in [3.8, 4) is 0 Å². The van der Waals surface area contributed by atoms with Crippen LogP contribution in [0.5, 0.6) is 0 Å². The van der Waals surface area contributed by atoms with E-state index < -0.39 is 11.9 Å². The number of aromatic nitrogens is 1. The highest BCUT2D eigenvalue weighted by atomic mass is 19.1. The van der Waals surface area contributed by atoms with Gasteiger partial charge in [0.15, 0.2) is 0 Å². The highest BCUT2D eigenvalue weighted by Crippen LogP contribution is 2.13. The summed E-state index contributed by atoms with van der Waals surface area (Å²) in [5.74, 6) is -2.01. The maximum absolute atomic E-state index is 13.0. The molecule has 126 valence electrons. The third-order valence-corrected chi connectivity index (χ3v) is 3.48. The van der Waals surface area contributed by atoms with Crippen LogP contribution in [0.1, 0.15) is 23.7 Å². The van der Waals surface area contributed by atoms with Crippen LogP contribution in [0.4, 0.5) is 4.39 Å². The molecule has 0 saturated heterocycles. The van der Waals surface area contributed by atoms with E-state index >= 15 is 0 Å². The van der Waals surface area contributed by atoms with Crippen molar-refractivity contribution in [2.24, 2.45) is 0 Å². The quantitative estimate of drug-likeness (QED) is 0.625. The Morgan fingerprint density at radius 1 is 1.17 bits per heavy atom. The first-order chi connectivity index (χ1) is 11.5. The van der Waals surface area contributed by atoms with Crippen LogP contribution >= 0.6 is 0 Å². The van der Waals surface area contributed by atoms with E-state index in [0.29, 0.717) is 11.3 Å². The van der Waals surface area contributed by atoms with Gasteiger partial charge >= 0.3 is 11.9 Å². The lowest BCUT2D eigenvalue weighted by Crippen LogP contribution is -2.37. The molecule has 1 aromatic carbocycles. The third-order valence-electron chi connectivity index (χ3n) is 3.48. The second-order valence-electron chi connectivity index (χ2n) is 5.28. The van der Waals surface area contributed by atoms with E-state index in [1.807, 2.05) is 13.0 Å². The molecule has 1 heterocycles. The van der Waals surface area contributed by atoms with Crippen LogP contribution < -0.4 is 0 Å². The first-order valence-electron chi connectivity index (χ1n) is 7.62. The molecule has 0 N–H and O–H groups in total. The Bertz CT molecular complexity index is 716. The number of nitrogens with zero attached hydrogens (tertiary/aromatic N) is 2. The lowest BCUT2D eigenvalue weighted by molar-refractivity contribution is -0.160.